The van der Waals surface area contributed by atoms with Gasteiger partial charge in [0.15, 0.2) is 17.3 Å². The van der Waals surface area contributed by atoms with E-state index in [1.54, 1.807) is 34.9 Å². The number of ether oxygens (including phenoxy) is 1. The highest BCUT2D eigenvalue weighted by atomic mass is 19.1. The number of nitrogens with one attached hydrogen (secondary N) is 1. The van der Waals surface area contributed by atoms with Crippen LogP contribution in [0.1, 0.15) is 10.5 Å². The fourth-order valence-electron chi connectivity index (χ4n) is 3.05. The van der Waals surface area contributed by atoms with Gasteiger partial charge in [-0.2, -0.15) is 5.10 Å². The molecule has 0 unspecified atom stereocenters. The Morgan fingerprint density at radius 2 is 1.91 bits per heavy atom. The highest BCUT2D eigenvalue weighted by molar-refractivity contribution is 6.02. The van der Waals surface area contributed by atoms with Crippen LogP contribution in [-0.2, 0) is 0 Å². The van der Waals surface area contributed by atoms with Crippen LogP contribution >= 0.6 is 0 Å². The van der Waals surface area contributed by atoms with E-state index < -0.39 is 17.2 Å². The second-order valence-electron chi connectivity index (χ2n) is 6.80. The average Bonchev–Trinajstić information content (AvgIpc) is 3.31. The number of fused-ring (bicyclic) bond motifs is 1. The summed E-state index contributed by atoms with van der Waals surface area (Å²) in [5, 5.41) is 14.2. The van der Waals surface area contributed by atoms with Crippen LogP contribution in [0.2, 0.25) is 0 Å². The van der Waals surface area contributed by atoms with Gasteiger partial charge in [-0.25, -0.2) is 14.1 Å². The maximum atomic E-state index is 14.7. The van der Waals surface area contributed by atoms with Gasteiger partial charge < -0.3 is 10.1 Å². The quantitative estimate of drug-likeness (QED) is 0.444. The first-order valence-electron chi connectivity index (χ1n) is 9.67. The van der Waals surface area contributed by atoms with Gasteiger partial charge in [-0.15, -0.1) is 10.2 Å². The number of amides is 1. The maximum Gasteiger partial charge on any atom is 0.280 e. The number of rotatable bonds is 5. The molecule has 0 fully saturated rings. The molecule has 162 valence electrons. The number of halogens is 1. The van der Waals surface area contributed by atoms with Crippen molar-refractivity contribution in [2.45, 2.75) is 0 Å². The summed E-state index contributed by atoms with van der Waals surface area (Å²) in [5.74, 6) is -1.58. The molecular weight excluding hydrogens is 429 g/mol. The Morgan fingerprint density at radius 1 is 1.06 bits per heavy atom. The van der Waals surface area contributed by atoms with E-state index in [9.17, 15) is 14.0 Å². The first-order chi connectivity index (χ1) is 16.1. The Kier molecular flexibility index (Phi) is 5.03. The fraction of sp³-hybridized carbons (Fsp3) is 0. The van der Waals surface area contributed by atoms with Gasteiger partial charge in [0.2, 0.25) is 11.1 Å². The lowest BCUT2D eigenvalue weighted by Gasteiger charge is -2.10. The maximum absolute atomic E-state index is 14.7. The molecule has 0 atom stereocenters. The third-order valence-corrected chi connectivity index (χ3v) is 4.62. The highest BCUT2D eigenvalue weighted by Gasteiger charge is 2.16. The van der Waals surface area contributed by atoms with Gasteiger partial charge >= 0.3 is 0 Å². The Labute approximate surface area is 184 Å². The molecule has 11 heteroatoms. The molecule has 0 aliphatic rings. The summed E-state index contributed by atoms with van der Waals surface area (Å²) in [5.41, 5.74) is 0.224. The van der Waals surface area contributed by atoms with Gasteiger partial charge in [0.05, 0.1) is 5.69 Å². The summed E-state index contributed by atoms with van der Waals surface area (Å²) < 4.78 is 23.2. The zero-order valence-corrected chi connectivity index (χ0v) is 16.8. The predicted molar refractivity (Wildman–Crippen MR) is 115 cm³/mol. The summed E-state index contributed by atoms with van der Waals surface area (Å²) in [4.78, 5) is 28.9. The standard InChI is InChI=1S/C22H14FN7O3/c23-16-12-14(6-7-18(16)33-22-20-27-25-13-29(20)11-9-24-22)26-21(32)19-17(31)8-10-30(28-19)15-4-2-1-3-5-15/h1-13H,(H,26,32). The Morgan fingerprint density at radius 3 is 2.73 bits per heavy atom. The van der Waals surface area contributed by atoms with E-state index in [0.29, 0.717) is 11.3 Å². The first-order valence-corrected chi connectivity index (χ1v) is 9.67. The van der Waals surface area contributed by atoms with Crippen molar-refractivity contribution in [2.75, 3.05) is 5.32 Å². The zero-order chi connectivity index (χ0) is 22.8. The van der Waals surface area contributed by atoms with Crippen LogP contribution in [0.5, 0.6) is 11.6 Å². The van der Waals surface area contributed by atoms with E-state index in [0.717, 1.165) is 6.07 Å². The number of para-hydroxylation sites is 1. The van der Waals surface area contributed by atoms with Crippen molar-refractivity contribution >= 4 is 17.2 Å². The topological polar surface area (TPSA) is 116 Å². The fourth-order valence-corrected chi connectivity index (χ4v) is 3.05. The molecule has 1 N–H and O–H groups in total. The molecule has 0 aliphatic carbocycles. The first kappa shape index (κ1) is 20.0. The smallest absolute Gasteiger partial charge is 0.280 e. The summed E-state index contributed by atoms with van der Waals surface area (Å²) in [6, 6.07) is 14.1. The molecule has 0 radical (unpaired) electrons. The van der Waals surface area contributed by atoms with Crippen LogP contribution in [-0.4, -0.2) is 35.3 Å². The van der Waals surface area contributed by atoms with Crippen molar-refractivity contribution in [3.63, 3.8) is 0 Å². The van der Waals surface area contributed by atoms with E-state index in [1.165, 1.54) is 41.6 Å². The molecule has 5 rings (SSSR count). The summed E-state index contributed by atoms with van der Waals surface area (Å²) >= 11 is 0. The van der Waals surface area contributed by atoms with Crippen LogP contribution in [0, 0.1) is 5.82 Å². The molecule has 33 heavy (non-hydrogen) atoms. The van der Waals surface area contributed by atoms with Crippen molar-refractivity contribution in [3.8, 4) is 17.3 Å². The normalized spacial score (nSPS) is 10.8. The number of hydrogen-bond acceptors (Lipinski definition) is 7. The SMILES string of the molecule is O=C(Nc1ccc(Oc2nccn3cnnc23)c(F)c1)c1nn(-c2ccccc2)ccc1=O. The molecule has 0 aliphatic heterocycles. The van der Waals surface area contributed by atoms with Crippen LogP contribution in [0.3, 0.4) is 0 Å². The zero-order valence-electron chi connectivity index (χ0n) is 16.8. The third kappa shape index (κ3) is 4.02. The minimum Gasteiger partial charge on any atom is -0.433 e. The van der Waals surface area contributed by atoms with E-state index in [2.05, 4.69) is 25.6 Å². The molecule has 3 aromatic heterocycles. The van der Waals surface area contributed by atoms with Gasteiger partial charge in [0.25, 0.3) is 11.8 Å². The number of hydrogen-bond donors (Lipinski definition) is 1. The summed E-state index contributed by atoms with van der Waals surface area (Å²) in [6.45, 7) is 0. The van der Waals surface area contributed by atoms with E-state index >= 15 is 0 Å². The molecule has 2 aromatic carbocycles. The Bertz CT molecular complexity index is 1530. The Hall–Kier alpha value is -4.93. The van der Waals surface area contributed by atoms with Crippen molar-refractivity contribution in [3.05, 3.63) is 101 Å². The number of benzene rings is 2. The summed E-state index contributed by atoms with van der Waals surface area (Å²) in [6.07, 6.45) is 6.01. The Balaban J connectivity index is 1.37. The lowest BCUT2D eigenvalue weighted by Crippen LogP contribution is -2.25. The largest absolute Gasteiger partial charge is 0.433 e. The average molecular weight is 443 g/mol. The molecule has 0 bridgehead atoms. The van der Waals surface area contributed by atoms with Crippen molar-refractivity contribution in [1.82, 2.24) is 29.4 Å². The minimum absolute atomic E-state index is 0.0700. The molecule has 5 aromatic rings. The third-order valence-electron chi connectivity index (χ3n) is 4.62. The number of aromatic nitrogens is 6. The predicted octanol–water partition coefficient (Wildman–Crippen LogP) is 2.85. The van der Waals surface area contributed by atoms with Gasteiger partial charge in [0, 0.05) is 36.4 Å². The van der Waals surface area contributed by atoms with Gasteiger partial charge in [0.1, 0.15) is 6.33 Å². The van der Waals surface area contributed by atoms with E-state index in [-0.39, 0.29) is 23.0 Å². The number of nitrogens with zero attached hydrogens (tertiary/aromatic N) is 6. The molecule has 0 spiro atoms. The van der Waals surface area contributed by atoms with Gasteiger partial charge in [-0.05, 0) is 24.3 Å². The molecule has 1 amide bonds. The van der Waals surface area contributed by atoms with E-state index in [4.69, 9.17) is 4.74 Å². The van der Waals surface area contributed by atoms with Crippen LogP contribution < -0.4 is 15.5 Å². The monoisotopic (exact) mass is 443 g/mol. The van der Waals surface area contributed by atoms with E-state index in [1.807, 2.05) is 6.07 Å². The molecule has 0 saturated carbocycles. The van der Waals surface area contributed by atoms with Crippen molar-refractivity contribution in [1.29, 1.82) is 0 Å². The van der Waals surface area contributed by atoms with Crippen molar-refractivity contribution < 1.29 is 13.9 Å². The highest BCUT2D eigenvalue weighted by Crippen LogP contribution is 2.27. The van der Waals surface area contributed by atoms with Gasteiger partial charge in [-0.3, -0.25) is 14.0 Å². The number of anilines is 1. The van der Waals surface area contributed by atoms with Crippen LogP contribution in [0.15, 0.2) is 84.3 Å². The lowest BCUT2D eigenvalue weighted by atomic mass is 10.2. The number of carbonyl (C=O) groups excluding carboxylic acids is 1. The molecular formula is C22H14FN7O3. The molecule has 10 nitrogen and oxygen atoms in total. The van der Waals surface area contributed by atoms with Crippen molar-refractivity contribution in [2.24, 2.45) is 0 Å². The minimum atomic E-state index is -0.770. The van der Waals surface area contributed by atoms with Gasteiger partial charge in [-0.1, -0.05) is 18.2 Å². The second kappa shape index (κ2) is 8.30. The summed E-state index contributed by atoms with van der Waals surface area (Å²) in [7, 11) is 0. The van der Waals surface area contributed by atoms with Crippen LogP contribution in [0.4, 0.5) is 10.1 Å². The lowest BCUT2D eigenvalue weighted by molar-refractivity contribution is 0.101. The number of carbonyl (C=O) groups is 1. The van der Waals surface area contributed by atoms with Crippen LogP contribution in [0.25, 0.3) is 11.3 Å². The molecule has 3 heterocycles. The second-order valence-corrected chi connectivity index (χ2v) is 6.80. The molecule has 0 saturated heterocycles.